The Balaban J connectivity index is 2.24. The Morgan fingerprint density at radius 3 is 2.45 bits per heavy atom. The molecule has 1 aromatic carbocycles. The number of nitrogen functional groups attached to an aromatic ring is 1. The molecule has 6 heteroatoms. The Morgan fingerprint density at radius 1 is 1.20 bits per heavy atom. The Hall–Kier alpha value is -1.79. The smallest absolute Gasteiger partial charge is 0.241 e. The molecular weight excluding hydrogens is 276 g/mol. The molecule has 2 aromatic rings. The van der Waals surface area contributed by atoms with Crippen molar-refractivity contribution in [3.8, 4) is 0 Å². The lowest BCUT2D eigenvalue weighted by Gasteiger charge is -2.13. The zero-order valence-corrected chi connectivity index (χ0v) is 12.5. The van der Waals surface area contributed by atoms with Gasteiger partial charge in [0.05, 0.1) is 10.9 Å². The summed E-state index contributed by atoms with van der Waals surface area (Å²) in [4.78, 5) is 0.194. The van der Waals surface area contributed by atoms with E-state index in [1.54, 1.807) is 38.1 Å². The number of anilines is 1. The van der Waals surface area contributed by atoms with Gasteiger partial charge in [-0.3, -0.25) is 0 Å². The number of hydrogen-bond acceptors (Lipinski definition) is 4. The van der Waals surface area contributed by atoms with Gasteiger partial charge < -0.3 is 10.2 Å². The molecule has 0 fully saturated rings. The highest BCUT2D eigenvalue weighted by atomic mass is 32.2. The molecule has 0 radical (unpaired) electrons. The van der Waals surface area contributed by atoms with E-state index in [9.17, 15) is 8.42 Å². The molecule has 3 N–H and O–H groups in total. The average molecular weight is 294 g/mol. The Morgan fingerprint density at radius 2 is 1.90 bits per heavy atom. The van der Waals surface area contributed by atoms with Crippen LogP contribution in [0.1, 0.15) is 30.0 Å². The fourth-order valence-electron chi connectivity index (χ4n) is 1.86. The first kappa shape index (κ1) is 14.6. The van der Waals surface area contributed by atoms with Gasteiger partial charge in [-0.15, -0.1) is 0 Å². The first-order chi connectivity index (χ1) is 9.29. The van der Waals surface area contributed by atoms with E-state index >= 15 is 0 Å². The Labute approximate surface area is 118 Å². The fraction of sp³-hybridized carbons (Fsp3) is 0.286. The lowest BCUT2D eigenvalue weighted by molar-refractivity contribution is 0.441. The van der Waals surface area contributed by atoms with Crippen LogP contribution in [0, 0.1) is 13.8 Å². The largest absolute Gasteiger partial charge is 0.465 e. The van der Waals surface area contributed by atoms with Crippen molar-refractivity contribution >= 4 is 15.7 Å². The maximum Gasteiger partial charge on any atom is 0.241 e. The van der Waals surface area contributed by atoms with Crippen LogP contribution in [0.25, 0.3) is 0 Å². The second kappa shape index (κ2) is 5.30. The molecule has 2 rings (SSSR count). The van der Waals surface area contributed by atoms with Crippen molar-refractivity contribution in [2.24, 2.45) is 0 Å². The van der Waals surface area contributed by atoms with E-state index in [1.165, 1.54) is 6.07 Å². The van der Waals surface area contributed by atoms with Gasteiger partial charge in [0.1, 0.15) is 11.5 Å². The molecule has 1 atom stereocenters. The summed E-state index contributed by atoms with van der Waals surface area (Å²) >= 11 is 0. The lowest BCUT2D eigenvalue weighted by Crippen LogP contribution is -2.26. The van der Waals surface area contributed by atoms with E-state index in [0.717, 1.165) is 11.3 Å². The van der Waals surface area contributed by atoms with Gasteiger partial charge in [0.15, 0.2) is 0 Å². The molecule has 1 unspecified atom stereocenters. The summed E-state index contributed by atoms with van der Waals surface area (Å²) in [5.41, 5.74) is 7.00. The lowest BCUT2D eigenvalue weighted by atomic mass is 10.2. The van der Waals surface area contributed by atoms with Gasteiger partial charge in [0.2, 0.25) is 10.0 Å². The second-order valence-corrected chi connectivity index (χ2v) is 6.52. The first-order valence-corrected chi connectivity index (χ1v) is 7.73. The Kier molecular flexibility index (Phi) is 3.87. The third kappa shape index (κ3) is 3.02. The second-order valence-electron chi connectivity index (χ2n) is 4.81. The molecule has 0 saturated heterocycles. The highest BCUT2D eigenvalue weighted by Gasteiger charge is 2.20. The van der Waals surface area contributed by atoms with E-state index in [-0.39, 0.29) is 4.90 Å². The van der Waals surface area contributed by atoms with Crippen LogP contribution in [-0.2, 0) is 10.0 Å². The summed E-state index contributed by atoms with van der Waals surface area (Å²) in [7, 11) is -3.60. The summed E-state index contributed by atoms with van der Waals surface area (Å²) in [6, 6.07) is 7.75. The zero-order chi connectivity index (χ0) is 14.9. The molecule has 0 spiro atoms. The van der Waals surface area contributed by atoms with E-state index in [4.69, 9.17) is 10.2 Å². The predicted molar refractivity (Wildman–Crippen MR) is 77.8 cm³/mol. The summed E-state index contributed by atoms with van der Waals surface area (Å²) in [6.45, 7) is 5.32. The van der Waals surface area contributed by atoms with Gasteiger partial charge in [0, 0.05) is 5.69 Å². The third-order valence-corrected chi connectivity index (χ3v) is 4.61. The van der Waals surface area contributed by atoms with Crippen LogP contribution in [-0.4, -0.2) is 8.42 Å². The predicted octanol–water partition coefficient (Wildman–Crippen LogP) is 2.52. The maximum atomic E-state index is 12.3. The van der Waals surface area contributed by atoms with Crippen molar-refractivity contribution in [1.82, 2.24) is 4.72 Å². The van der Waals surface area contributed by atoms with E-state index in [2.05, 4.69) is 4.72 Å². The number of sulfonamides is 1. The maximum absolute atomic E-state index is 12.3. The molecule has 0 saturated carbocycles. The third-order valence-electron chi connectivity index (χ3n) is 3.07. The van der Waals surface area contributed by atoms with Gasteiger partial charge in [-0.1, -0.05) is 0 Å². The summed E-state index contributed by atoms with van der Waals surface area (Å²) < 4.78 is 32.6. The van der Waals surface area contributed by atoms with Gasteiger partial charge in [-0.25, -0.2) is 13.1 Å². The van der Waals surface area contributed by atoms with Crippen LogP contribution in [0.5, 0.6) is 0 Å². The van der Waals surface area contributed by atoms with Gasteiger partial charge >= 0.3 is 0 Å². The van der Waals surface area contributed by atoms with E-state index in [0.29, 0.717) is 11.4 Å². The molecule has 0 aliphatic rings. The minimum Gasteiger partial charge on any atom is -0.465 e. The van der Waals surface area contributed by atoms with Crippen molar-refractivity contribution in [3.05, 3.63) is 47.4 Å². The molecule has 108 valence electrons. The quantitative estimate of drug-likeness (QED) is 0.848. The van der Waals surface area contributed by atoms with E-state index in [1.807, 2.05) is 6.92 Å². The monoisotopic (exact) mass is 294 g/mol. The first-order valence-electron chi connectivity index (χ1n) is 6.24. The number of furan rings is 1. The summed E-state index contributed by atoms with van der Waals surface area (Å²) in [6.07, 6.45) is 0. The van der Waals surface area contributed by atoms with Crippen molar-refractivity contribution in [2.45, 2.75) is 31.7 Å². The fourth-order valence-corrected chi connectivity index (χ4v) is 3.16. The molecule has 0 aliphatic carbocycles. The van der Waals surface area contributed by atoms with Crippen molar-refractivity contribution in [2.75, 3.05) is 5.73 Å². The number of hydrogen-bond donors (Lipinski definition) is 2. The molecule has 0 aliphatic heterocycles. The topological polar surface area (TPSA) is 85.3 Å². The molecule has 1 aromatic heterocycles. The van der Waals surface area contributed by atoms with Crippen LogP contribution < -0.4 is 10.5 Å². The van der Waals surface area contributed by atoms with Crippen LogP contribution in [0.15, 0.2) is 39.6 Å². The molecule has 5 nitrogen and oxygen atoms in total. The summed E-state index contributed by atoms with van der Waals surface area (Å²) in [5.74, 6) is 1.33. The normalized spacial score (nSPS) is 13.3. The molecule has 0 bridgehead atoms. The van der Waals surface area contributed by atoms with Crippen LogP contribution in [0.2, 0.25) is 0 Å². The van der Waals surface area contributed by atoms with Crippen molar-refractivity contribution in [1.29, 1.82) is 0 Å². The molecule has 20 heavy (non-hydrogen) atoms. The standard InChI is InChI=1S/C14H18N2O3S/c1-9-8-12(5-6-13(9)15)20(17,18)16-11(3)14-7-4-10(2)19-14/h4-8,11,16H,15H2,1-3H3. The number of rotatable bonds is 4. The van der Waals surface area contributed by atoms with Crippen LogP contribution in [0.3, 0.4) is 0 Å². The number of nitrogens with two attached hydrogens (primary N) is 1. The minimum atomic E-state index is -3.60. The minimum absolute atomic E-state index is 0.194. The van der Waals surface area contributed by atoms with Gasteiger partial charge in [-0.05, 0) is 56.7 Å². The van der Waals surface area contributed by atoms with E-state index < -0.39 is 16.1 Å². The Bertz CT molecular complexity index is 720. The number of aryl methyl sites for hydroxylation is 2. The highest BCUT2D eigenvalue weighted by molar-refractivity contribution is 7.89. The average Bonchev–Trinajstić information content (AvgIpc) is 2.79. The number of benzene rings is 1. The van der Waals surface area contributed by atoms with Crippen molar-refractivity contribution in [3.63, 3.8) is 0 Å². The molecule has 1 heterocycles. The van der Waals surface area contributed by atoms with Gasteiger partial charge in [0.25, 0.3) is 0 Å². The molecule has 0 amide bonds. The summed E-state index contributed by atoms with van der Waals surface area (Å²) in [5, 5.41) is 0. The SMILES string of the molecule is Cc1ccc(C(C)NS(=O)(=O)c2ccc(N)c(C)c2)o1. The zero-order valence-electron chi connectivity index (χ0n) is 11.7. The highest BCUT2D eigenvalue weighted by Crippen LogP contribution is 2.21. The van der Waals surface area contributed by atoms with Gasteiger partial charge in [-0.2, -0.15) is 0 Å². The number of nitrogens with one attached hydrogen (secondary N) is 1. The van der Waals surface area contributed by atoms with Crippen LogP contribution in [0.4, 0.5) is 5.69 Å². The van der Waals surface area contributed by atoms with Crippen LogP contribution >= 0.6 is 0 Å². The molecular formula is C14H18N2O3S. The van der Waals surface area contributed by atoms with Crippen molar-refractivity contribution < 1.29 is 12.8 Å².